The molecule has 4 heterocycles. The summed E-state index contributed by atoms with van der Waals surface area (Å²) < 4.78 is 2.20. The lowest BCUT2D eigenvalue weighted by Gasteiger charge is -2.32. The van der Waals surface area contributed by atoms with Crippen molar-refractivity contribution in [2.24, 2.45) is 0 Å². The largest absolute Gasteiger partial charge is 0.304 e. The van der Waals surface area contributed by atoms with Crippen molar-refractivity contribution in [3.63, 3.8) is 0 Å². The zero-order valence-electron chi connectivity index (χ0n) is 18.5. The second kappa shape index (κ2) is 9.17. The standard InChI is InChI=1S/C26H24N6S/c1-30-10-12-31(13-11-30)9-8-23-26(21-4-2-19(15-27)3-5-21)29-25-7-6-22(17-32(23)25)24-14-20(16-28)18-33-24/h2-7,14,17-18H,8-13H2,1H3. The first kappa shape index (κ1) is 21.4. The van der Waals surface area contributed by atoms with Crippen LogP contribution in [0.5, 0.6) is 0 Å². The minimum atomic E-state index is 0.648. The third kappa shape index (κ3) is 4.40. The summed E-state index contributed by atoms with van der Waals surface area (Å²) in [7, 11) is 2.18. The fraction of sp³-hybridized carbons (Fsp3) is 0.269. The van der Waals surface area contributed by atoms with Gasteiger partial charge in [-0.15, -0.1) is 11.3 Å². The van der Waals surface area contributed by atoms with Gasteiger partial charge in [-0.2, -0.15) is 10.5 Å². The SMILES string of the molecule is CN1CCN(CCc2c(-c3ccc(C#N)cc3)nc3ccc(-c4cc(C#N)cs4)cn23)CC1. The molecule has 33 heavy (non-hydrogen) atoms. The summed E-state index contributed by atoms with van der Waals surface area (Å²) in [5.41, 5.74) is 6.49. The summed E-state index contributed by atoms with van der Waals surface area (Å²) in [5, 5.41) is 20.3. The molecular weight excluding hydrogens is 428 g/mol. The van der Waals surface area contributed by atoms with Gasteiger partial charge in [0.15, 0.2) is 0 Å². The number of nitriles is 2. The van der Waals surface area contributed by atoms with Crippen LogP contribution in [0.1, 0.15) is 16.8 Å². The molecule has 1 aliphatic rings. The number of thiophene rings is 1. The van der Waals surface area contributed by atoms with Crippen LogP contribution in [0.3, 0.4) is 0 Å². The third-order valence-electron chi connectivity index (χ3n) is 6.28. The second-order valence-electron chi connectivity index (χ2n) is 8.45. The van der Waals surface area contributed by atoms with Crippen LogP contribution in [0.15, 0.2) is 54.0 Å². The van der Waals surface area contributed by atoms with Crippen LogP contribution in [0.2, 0.25) is 0 Å². The summed E-state index contributed by atoms with van der Waals surface area (Å²) in [5.74, 6) is 0. The van der Waals surface area contributed by atoms with Crippen molar-refractivity contribution in [3.8, 4) is 33.8 Å². The van der Waals surface area contributed by atoms with Crippen molar-refractivity contribution in [1.82, 2.24) is 19.2 Å². The lowest BCUT2D eigenvalue weighted by Crippen LogP contribution is -2.45. The van der Waals surface area contributed by atoms with Gasteiger partial charge in [-0.1, -0.05) is 12.1 Å². The number of hydrogen-bond acceptors (Lipinski definition) is 6. The molecule has 0 aliphatic carbocycles. The highest BCUT2D eigenvalue weighted by atomic mass is 32.1. The molecule has 0 saturated carbocycles. The van der Waals surface area contributed by atoms with Gasteiger partial charge in [0, 0.05) is 66.7 Å². The molecule has 0 spiro atoms. The fourth-order valence-corrected chi connectivity index (χ4v) is 5.12. The lowest BCUT2D eigenvalue weighted by atomic mass is 10.1. The number of imidazole rings is 1. The zero-order valence-corrected chi connectivity index (χ0v) is 19.3. The minimum Gasteiger partial charge on any atom is -0.304 e. The Hall–Kier alpha value is -3.49. The number of aromatic nitrogens is 2. The Morgan fingerprint density at radius 2 is 1.67 bits per heavy atom. The number of likely N-dealkylation sites (N-methyl/N-ethyl adjacent to an activating group) is 1. The molecule has 1 aliphatic heterocycles. The van der Waals surface area contributed by atoms with E-state index in [2.05, 4.69) is 45.6 Å². The third-order valence-corrected chi connectivity index (χ3v) is 7.26. The average molecular weight is 453 g/mol. The molecule has 0 N–H and O–H groups in total. The first-order valence-corrected chi connectivity index (χ1v) is 11.9. The van der Waals surface area contributed by atoms with Crippen molar-refractivity contribution < 1.29 is 0 Å². The molecular formula is C26H24N6S. The summed E-state index contributed by atoms with van der Waals surface area (Å²) in [4.78, 5) is 10.9. The molecule has 4 aromatic rings. The first-order chi connectivity index (χ1) is 16.1. The van der Waals surface area contributed by atoms with Crippen molar-refractivity contribution in [3.05, 3.63) is 70.9 Å². The molecule has 6 nitrogen and oxygen atoms in total. The topological polar surface area (TPSA) is 71.4 Å². The maximum absolute atomic E-state index is 9.20. The Kier molecular flexibility index (Phi) is 5.93. The average Bonchev–Trinajstić information content (AvgIpc) is 3.48. The van der Waals surface area contributed by atoms with E-state index in [1.807, 2.05) is 41.8 Å². The molecule has 1 fully saturated rings. The Morgan fingerprint density at radius 3 is 2.36 bits per heavy atom. The van der Waals surface area contributed by atoms with Crippen LogP contribution in [0, 0.1) is 22.7 Å². The smallest absolute Gasteiger partial charge is 0.137 e. The van der Waals surface area contributed by atoms with Gasteiger partial charge in [0.05, 0.1) is 28.6 Å². The van der Waals surface area contributed by atoms with Gasteiger partial charge in [-0.3, -0.25) is 0 Å². The van der Waals surface area contributed by atoms with Crippen molar-refractivity contribution in [2.45, 2.75) is 6.42 Å². The molecule has 0 bridgehead atoms. The van der Waals surface area contributed by atoms with Gasteiger partial charge < -0.3 is 14.2 Å². The van der Waals surface area contributed by atoms with Gasteiger partial charge in [0.1, 0.15) is 11.7 Å². The van der Waals surface area contributed by atoms with E-state index in [0.29, 0.717) is 11.1 Å². The first-order valence-electron chi connectivity index (χ1n) is 11.1. The Bertz CT molecular complexity index is 1360. The highest BCUT2D eigenvalue weighted by molar-refractivity contribution is 7.13. The summed E-state index contributed by atoms with van der Waals surface area (Å²) in [6, 6.07) is 18.1. The number of rotatable bonds is 5. The molecule has 1 saturated heterocycles. The van der Waals surface area contributed by atoms with Crippen LogP contribution in [0.4, 0.5) is 0 Å². The van der Waals surface area contributed by atoms with Crippen molar-refractivity contribution in [1.29, 1.82) is 10.5 Å². The highest BCUT2D eigenvalue weighted by Gasteiger charge is 2.18. The van der Waals surface area contributed by atoms with Crippen molar-refractivity contribution in [2.75, 3.05) is 39.8 Å². The van der Waals surface area contributed by atoms with Gasteiger partial charge in [-0.25, -0.2) is 4.98 Å². The van der Waals surface area contributed by atoms with Crippen molar-refractivity contribution >= 4 is 17.0 Å². The predicted molar refractivity (Wildman–Crippen MR) is 131 cm³/mol. The van der Waals surface area contributed by atoms with E-state index in [-0.39, 0.29) is 0 Å². The maximum Gasteiger partial charge on any atom is 0.137 e. The number of piperazine rings is 1. The number of pyridine rings is 1. The molecule has 164 valence electrons. The Labute approximate surface area is 197 Å². The molecule has 5 rings (SSSR count). The zero-order chi connectivity index (χ0) is 22.8. The van der Waals surface area contributed by atoms with E-state index in [4.69, 9.17) is 4.98 Å². The van der Waals surface area contributed by atoms with E-state index in [1.165, 1.54) is 5.69 Å². The molecule has 3 aromatic heterocycles. The summed E-state index contributed by atoms with van der Waals surface area (Å²) in [6.07, 6.45) is 3.03. The molecule has 1 aromatic carbocycles. The quantitative estimate of drug-likeness (QED) is 0.452. The second-order valence-corrected chi connectivity index (χ2v) is 9.36. The Morgan fingerprint density at radius 1 is 0.939 bits per heavy atom. The number of benzene rings is 1. The van der Waals surface area contributed by atoms with E-state index >= 15 is 0 Å². The summed E-state index contributed by atoms with van der Waals surface area (Å²) in [6.45, 7) is 5.33. The van der Waals surface area contributed by atoms with Crippen LogP contribution in [0.25, 0.3) is 27.3 Å². The van der Waals surface area contributed by atoms with Crippen LogP contribution in [-0.2, 0) is 6.42 Å². The number of nitrogens with zero attached hydrogens (tertiary/aromatic N) is 6. The van der Waals surface area contributed by atoms with E-state index < -0.39 is 0 Å². The molecule has 0 amide bonds. The van der Waals surface area contributed by atoms with Gasteiger partial charge in [0.2, 0.25) is 0 Å². The number of hydrogen-bond donors (Lipinski definition) is 0. The number of fused-ring (bicyclic) bond motifs is 1. The molecule has 7 heteroatoms. The predicted octanol–water partition coefficient (Wildman–Crippen LogP) is 4.26. The van der Waals surface area contributed by atoms with E-state index in [0.717, 1.165) is 66.5 Å². The minimum absolute atomic E-state index is 0.648. The monoisotopic (exact) mass is 452 g/mol. The highest BCUT2D eigenvalue weighted by Crippen LogP contribution is 2.31. The lowest BCUT2D eigenvalue weighted by molar-refractivity contribution is 0.155. The van der Waals surface area contributed by atoms with Crippen LogP contribution in [-0.4, -0.2) is 59.0 Å². The molecule has 0 unspecified atom stereocenters. The molecule has 0 atom stereocenters. The maximum atomic E-state index is 9.20. The van der Waals surface area contributed by atoms with Gasteiger partial charge in [-0.05, 0) is 37.4 Å². The van der Waals surface area contributed by atoms with Gasteiger partial charge in [0.25, 0.3) is 0 Å². The summed E-state index contributed by atoms with van der Waals surface area (Å²) >= 11 is 1.59. The normalized spacial score (nSPS) is 14.9. The van der Waals surface area contributed by atoms with E-state index in [9.17, 15) is 10.5 Å². The van der Waals surface area contributed by atoms with Crippen LogP contribution >= 0.6 is 11.3 Å². The van der Waals surface area contributed by atoms with Gasteiger partial charge >= 0.3 is 0 Å². The Balaban J connectivity index is 1.54. The van der Waals surface area contributed by atoms with E-state index in [1.54, 1.807) is 11.3 Å². The van der Waals surface area contributed by atoms with Crippen LogP contribution < -0.4 is 0 Å². The fourth-order valence-electron chi connectivity index (χ4n) is 4.29. The molecule has 0 radical (unpaired) electrons.